The van der Waals surface area contributed by atoms with Crippen molar-refractivity contribution in [2.45, 2.75) is 12.8 Å². The average Bonchev–Trinajstić information content (AvgIpc) is 2.69. The summed E-state index contributed by atoms with van der Waals surface area (Å²) < 4.78 is 0. The maximum atomic E-state index is 13.1. The van der Waals surface area contributed by atoms with Crippen LogP contribution in [0.15, 0.2) is 48.5 Å². The number of carbonyl (C=O) groups excluding carboxylic acids is 2. The van der Waals surface area contributed by atoms with Crippen molar-refractivity contribution >= 4 is 29.1 Å². The van der Waals surface area contributed by atoms with Crippen LogP contribution >= 0.6 is 11.6 Å². The number of nitrogens with one attached hydrogen (secondary N) is 2. The van der Waals surface area contributed by atoms with Crippen LogP contribution in [-0.4, -0.2) is 43.4 Å². The second kappa shape index (κ2) is 9.02. The summed E-state index contributed by atoms with van der Waals surface area (Å²) in [6.45, 7) is 2.39. The summed E-state index contributed by atoms with van der Waals surface area (Å²) in [6, 6.07) is 13.8. The maximum Gasteiger partial charge on any atom is 0.255 e. The number of benzene rings is 2. The molecule has 1 aliphatic heterocycles. The fourth-order valence-electron chi connectivity index (χ4n) is 3.45. The van der Waals surface area contributed by atoms with Crippen LogP contribution in [0.25, 0.3) is 0 Å². The molecule has 2 amide bonds. The van der Waals surface area contributed by atoms with Gasteiger partial charge in [-0.15, -0.1) is 0 Å². The van der Waals surface area contributed by atoms with Crippen LogP contribution in [0.2, 0.25) is 5.02 Å². The van der Waals surface area contributed by atoms with Gasteiger partial charge in [0.2, 0.25) is 0 Å². The van der Waals surface area contributed by atoms with Crippen LogP contribution in [0.5, 0.6) is 0 Å². The van der Waals surface area contributed by atoms with Gasteiger partial charge in [-0.25, -0.2) is 0 Å². The predicted octanol–water partition coefficient (Wildman–Crippen LogP) is 3.66. The third kappa shape index (κ3) is 4.87. The van der Waals surface area contributed by atoms with Gasteiger partial charge in [-0.1, -0.05) is 23.7 Å². The Morgan fingerprint density at radius 1 is 1.15 bits per heavy atom. The van der Waals surface area contributed by atoms with Gasteiger partial charge in [0.25, 0.3) is 11.8 Å². The Kier molecular flexibility index (Phi) is 6.48. The first-order valence-corrected chi connectivity index (χ1v) is 9.56. The molecule has 3 rings (SSSR count). The highest BCUT2D eigenvalue weighted by Crippen LogP contribution is 2.23. The van der Waals surface area contributed by atoms with Gasteiger partial charge in [-0.05, 0) is 68.8 Å². The zero-order chi connectivity index (χ0) is 19.2. The summed E-state index contributed by atoms with van der Waals surface area (Å²) in [5.74, 6) is 0.157. The van der Waals surface area contributed by atoms with E-state index in [9.17, 15) is 9.59 Å². The Morgan fingerprint density at radius 2 is 1.89 bits per heavy atom. The van der Waals surface area contributed by atoms with E-state index in [4.69, 9.17) is 11.6 Å². The molecule has 0 saturated carbocycles. The van der Waals surface area contributed by atoms with E-state index >= 15 is 0 Å². The number of hydrogen-bond acceptors (Lipinski definition) is 3. The van der Waals surface area contributed by atoms with Crippen LogP contribution < -0.4 is 10.6 Å². The van der Waals surface area contributed by atoms with Gasteiger partial charge in [0.05, 0.1) is 11.3 Å². The fraction of sp³-hybridized carbons (Fsp3) is 0.333. The van der Waals surface area contributed by atoms with Gasteiger partial charge < -0.3 is 15.5 Å². The average molecular weight is 386 g/mol. The number of amides is 2. The first-order chi connectivity index (χ1) is 13.1. The zero-order valence-electron chi connectivity index (χ0n) is 15.4. The molecule has 0 spiro atoms. The summed E-state index contributed by atoms with van der Waals surface area (Å²) in [5, 5.41) is 6.63. The van der Waals surface area contributed by atoms with Crippen LogP contribution in [-0.2, 0) is 0 Å². The van der Waals surface area contributed by atoms with Crippen LogP contribution in [0.1, 0.15) is 33.6 Å². The van der Waals surface area contributed by atoms with Crippen molar-refractivity contribution in [2.24, 2.45) is 5.92 Å². The SMILES string of the molecule is CNCC1CCCN(C(=O)c2ccccc2NC(=O)c2ccc(Cl)cc2)C1. The monoisotopic (exact) mass is 385 g/mol. The highest BCUT2D eigenvalue weighted by atomic mass is 35.5. The lowest BCUT2D eigenvalue weighted by atomic mass is 9.97. The van der Waals surface area contributed by atoms with Crippen LogP contribution in [0.4, 0.5) is 5.69 Å². The van der Waals surface area contributed by atoms with Gasteiger partial charge in [0.1, 0.15) is 0 Å². The number of nitrogens with zero attached hydrogens (tertiary/aromatic N) is 1. The lowest BCUT2D eigenvalue weighted by molar-refractivity contribution is 0.0675. The zero-order valence-corrected chi connectivity index (χ0v) is 16.1. The fourth-order valence-corrected chi connectivity index (χ4v) is 3.58. The number of anilines is 1. The molecule has 0 aromatic heterocycles. The predicted molar refractivity (Wildman–Crippen MR) is 108 cm³/mol. The third-order valence-corrected chi connectivity index (χ3v) is 5.06. The molecule has 0 aliphatic carbocycles. The summed E-state index contributed by atoms with van der Waals surface area (Å²) in [7, 11) is 1.93. The van der Waals surface area contributed by atoms with Gasteiger partial charge >= 0.3 is 0 Å². The van der Waals surface area contributed by atoms with Gasteiger partial charge in [-0.3, -0.25) is 9.59 Å². The number of rotatable bonds is 5. The Balaban J connectivity index is 1.76. The molecule has 1 saturated heterocycles. The minimum absolute atomic E-state index is 0.0391. The summed E-state index contributed by atoms with van der Waals surface area (Å²) in [5.41, 5.74) is 1.54. The smallest absolute Gasteiger partial charge is 0.255 e. The molecule has 2 N–H and O–H groups in total. The highest BCUT2D eigenvalue weighted by Gasteiger charge is 2.25. The minimum atomic E-state index is -0.265. The van der Waals surface area contributed by atoms with Crippen molar-refractivity contribution in [1.82, 2.24) is 10.2 Å². The molecule has 142 valence electrons. The van der Waals surface area contributed by atoms with Crippen molar-refractivity contribution in [3.8, 4) is 0 Å². The van der Waals surface area contributed by atoms with E-state index in [1.807, 2.05) is 24.1 Å². The Labute approximate surface area is 164 Å². The topological polar surface area (TPSA) is 61.4 Å². The number of carbonyl (C=O) groups is 2. The minimum Gasteiger partial charge on any atom is -0.338 e. The molecular formula is C21H24ClN3O2. The van der Waals surface area contributed by atoms with E-state index in [0.29, 0.717) is 27.8 Å². The number of hydrogen-bond donors (Lipinski definition) is 2. The molecule has 1 aliphatic rings. The summed E-state index contributed by atoms with van der Waals surface area (Å²) >= 11 is 5.88. The van der Waals surface area contributed by atoms with E-state index < -0.39 is 0 Å². The number of piperidine rings is 1. The Bertz CT molecular complexity index is 805. The van der Waals surface area contributed by atoms with Crippen molar-refractivity contribution in [3.05, 3.63) is 64.7 Å². The number of para-hydroxylation sites is 1. The second-order valence-corrected chi connectivity index (χ2v) is 7.26. The van der Waals surface area contributed by atoms with E-state index in [2.05, 4.69) is 10.6 Å². The molecule has 2 aromatic carbocycles. The van der Waals surface area contributed by atoms with Gasteiger partial charge in [0, 0.05) is 23.7 Å². The van der Waals surface area contributed by atoms with E-state index in [1.54, 1.807) is 36.4 Å². The first kappa shape index (κ1) is 19.4. The second-order valence-electron chi connectivity index (χ2n) is 6.82. The van der Waals surface area contributed by atoms with E-state index in [1.165, 1.54) is 0 Å². The molecule has 1 heterocycles. The maximum absolute atomic E-state index is 13.1. The summed E-state index contributed by atoms with van der Waals surface area (Å²) in [4.78, 5) is 27.5. The molecular weight excluding hydrogens is 362 g/mol. The van der Waals surface area contributed by atoms with Crippen molar-refractivity contribution in [3.63, 3.8) is 0 Å². The van der Waals surface area contributed by atoms with Crippen molar-refractivity contribution in [1.29, 1.82) is 0 Å². The molecule has 5 nitrogen and oxygen atoms in total. The van der Waals surface area contributed by atoms with Crippen LogP contribution in [0.3, 0.4) is 0 Å². The molecule has 0 radical (unpaired) electrons. The van der Waals surface area contributed by atoms with Crippen molar-refractivity contribution < 1.29 is 9.59 Å². The largest absolute Gasteiger partial charge is 0.338 e. The van der Waals surface area contributed by atoms with Gasteiger partial charge in [-0.2, -0.15) is 0 Å². The van der Waals surface area contributed by atoms with Gasteiger partial charge in [0.15, 0.2) is 0 Å². The molecule has 1 fully saturated rings. The Hall–Kier alpha value is -2.37. The quantitative estimate of drug-likeness (QED) is 0.825. The highest BCUT2D eigenvalue weighted by molar-refractivity contribution is 6.30. The molecule has 1 unspecified atom stereocenters. The standard InChI is InChI=1S/C21H24ClN3O2/c1-23-13-15-5-4-12-25(14-15)21(27)18-6-2-3-7-19(18)24-20(26)16-8-10-17(22)11-9-16/h2-3,6-11,15,23H,4-5,12-14H2,1H3,(H,24,26). The number of likely N-dealkylation sites (tertiary alicyclic amines) is 1. The summed E-state index contributed by atoms with van der Waals surface area (Å²) in [6.07, 6.45) is 2.12. The van der Waals surface area contributed by atoms with Crippen LogP contribution in [0, 0.1) is 5.92 Å². The first-order valence-electron chi connectivity index (χ1n) is 9.18. The normalized spacial score (nSPS) is 16.8. The third-order valence-electron chi connectivity index (χ3n) is 4.81. The molecule has 6 heteroatoms. The van der Waals surface area contributed by atoms with E-state index in [-0.39, 0.29) is 11.8 Å². The lowest BCUT2D eigenvalue weighted by Crippen LogP contribution is -2.42. The Morgan fingerprint density at radius 3 is 2.63 bits per heavy atom. The number of halogens is 1. The lowest BCUT2D eigenvalue weighted by Gasteiger charge is -2.33. The molecule has 2 aromatic rings. The molecule has 27 heavy (non-hydrogen) atoms. The molecule has 0 bridgehead atoms. The van der Waals surface area contributed by atoms with E-state index in [0.717, 1.165) is 32.5 Å². The van der Waals surface area contributed by atoms with Crippen molar-refractivity contribution in [2.75, 3.05) is 32.0 Å². The molecule has 1 atom stereocenters.